The number of aromatic nitrogens is 1. The van der Waals surface area contributed by atoms with Crippen LogP contribution >= 0.6 is 0 Å². The van der Waals surface area contributed by atoms with Crippen LogP contribution in [0.2, 0.25) is 0 Å². The van der Waals surface area contributed by atoms with Gasteiger partial charge in [0.25, 0.3) is 0 Å². The Morgan fingerprint density at radius 3 is 2.32 bits per heavy atom. The molecule has 0 atom stereocenters. The van der Waals surface area contributed by atoms with Gasteiger partial charge < -0.3 is 10.0 Å². The Morgan fingerprint density at radius 1 is 1.21 bits per heavy atom. The van der Waals surface area contributed by atoms with E-state index in [1.807, 2.05) is 19.1 Å². The SMILES string of the molecule is CCC1(CC)CCN(c2ccc(CO)c(C)n2)CC1. The van der Waals surface area contributed by atoms with E-state index in [0.29, 0.717) is 5.41 Å². The number of hydrogen-bond acceptors (Lipinski definition) is 3. The second-order valence-corrected chi connectivity index (χ2v) is 5.77. The molecule has 3 heteroatoms. The summed E-state index contributed by atoms with van der Waals surface area (Å²) < 4.78 is 0. The minimum absolute atomic E-state index is 0.0773. The summed E-state index contributed by atoms with van der Waals surface area (Å²) in [5.41, 5.74) is 2.43. The molecule has 0 aliphatic carbocycles. The molecule has 1 aromatic rings. The minimum atomic E-state index is 0.0773. The Morgan fingerprint density at radius 2 is 1.84 bits per heavy atom. The molecule has 1 saturated heterocycles. The second kappa shape index (κ2) is 5.91. The van der Waals surface area contributed by atoms with Crippen LogP contribution in [0.1, 0.15) is 50.8 Å². The van der Waals surface area contributed by atoms with Crippen LogP contribution in [0, 0.1) is 12.3 Å². The highest BCUT2D eigenvalue weighted by Crippen LogP contribution is 2.38. The largest absolute Gasteiger partial charge is 0.392 e. The van der Waals surface area contributed by atoms with Crippen molar-refractivity contribution < 1.29 is 5.11 Å². The van der Waals surface area contributed by atoms with Crippen molar-refractivity contribution in [3.8, 4) is 0 Å². The maximum absolute atomic E-state index is 9.20. The van der Waals surface area contributed by atoms with Crippen LogP contribution < -0.4 is 4.90 Å². The van der Waals surface area contributed by atoms with Gasteiger partial charge in [0.05, 0.1) is 6.61 Å². The highest BCUT2D eigenvalue weighted by molar-refractivity contribution is 5.42. The number of nitrogens with zero attached hydrogens (tertiary/aromatic N) is 2. The first-order valence-electron chi connectivity index (χ1n) is 7.46. The smallest absolute Gasteiger partial charge is 0.128 e. The van der Waals surface area contributed by atoms with E-state index in [1.54, 1.807) is 0 Å². The highest BCUT2D eigenvalue weighted by Gasteiger charge is 2.31. The minimum Gasteiger partial charge on any atom is -0.392 e. The summed E-state index contributed by atoms with van der Waals surface area (Å²) in [6.45, 7) is 8.89. The van der Waals surface area contributed by atoms with Gasteiger partial charge in [-0.05, 0) is 36.8 Å². The summed E-state index contributed by atoms with van der Waals surface area (Å²) in [5, 5.41) is 9.20. The molecule has 0 aromatic carbocycles. The Labute approximate surface area is 116 Å². The monoisotopic (exact) mass is 262 g/mol. The van der Waals surface area contributed by atoms with E-state index in [-0.39, 0.29) is 6.61 Å². The van der Waals surface area contributed by atoms with Crippen LogP contribution in [0.5, 0.6) is 0 Å². The summed E-state index contributed by atoms with van der Waals surface area (Å²) in [6, 6.07) is 4.04. The quantitative estimate of drug-likeness (QED) is 0.904. The summed E-state index contributed by atoms with van der Waals surface area (Å²) in [7, 11) is 0. The first-order chi connectivity index (χ1) is 9.14. The fourth-order valence-corrected chi connectivity index (χ4v) is 3.09. The van der Waals surface area contributed by atoms with E-state index >= 15 is 0 Å². The van der Waals surface area contributed by atoms with E-state index in [4.69, 9.17) is 0 Å². The second-order valence-electron chi connectivity index (χ2n) is 5.77. The van der Waals surface area contributed by atoms with Gasteiger partial charge in [0, 0.05) is 18.8 Å². The van der Waals surface area contributed by atoms with Crippen molar-refractivity contribution in [2.45, 2.75) is 53.1 Å². The number of aliphatic hydroxyl groups excluding tert-OH is 1. The zero-order valence-corrected chi connectivity index (χ0v) is 12.4. The maximum Gasteiger partial charge on any atom is 0.128 e. The molecular formula is C16H26N2O. The van der Waals surface area contributed by atoms with Gasteiger partial charge in [-0.1, -0.05) is 32.8 Å². The summed E-state index contributed by atoms with van der Waals surface area (Å²) >= 11 is 0. The van der Waals surface area contributed by atoms with Crippen LogP contribution in [0.3, 0.4) is 0 Å². The van der Waals surface area contributed by atoms with Gasteiger partial charge in [-0.2, -0.15) is 0 Å². The number of pyridine rings is 1. The summed E-state index contributed by atoms with van der Waals surface area (Å²) in [5.74, 6) is 1.07. The molecule has 1 aliphatic heterocycles. The number of rotatable bonds is 4. The molecule has 2 rings (SSSR count). The molecule has 1 N–H and O–H groups in total. The summed E-state index contributed by atoms with van der Waals surface area (Å²) in [6.07, 6.45) is 5.10. The van der Waals surface area contributed by atoms with Crippen molar-refractivity contribution in [1.82, 2.24) is 4.98 Å². The number of aryl methyl sites for hydroxylation is 1. The van der Waals surface area contributed by atoms with Crippen molar-refractivity contribution in [3.63, 3.8) is 0 Å². The molecule has 1 fully saturated rings. The third-order valence-corrected chi connectivity index (χ3v) is 5.00. The molecule has 0 saturated carbocycles. The van der Waals surface area contributed by atoms with Crippen LogP contribution in [-0.2, 0) is 6.61 Å². The molecule has 2 heterocycles. The molecule has 0 unspecified atom stereocenters. The van der Waals surface area contributed by atoms with Crippen molar-refractivity contribution >= 4 is 5.82 Å². The zero-order chi connectivity index (χ0) is 13.9. The highest BCUT2D eigenvalue weighted by atomic mass is 16.3. The predicted molar refractivity (Wildman–Crippen MR) is 79.4 cm³/mol. The first-order valence-corrected chi connectivity index (χ1v) is 7.46. The van der Waals surface area contributed by atoms with Crippen LogP contribution in [0.4, 0.5) is 5.82 Å². The average molecular weight is 262 g/mol. The van der Waals surface area contributed by atoms with E-state index in [2.05, 4.69) is 23.7 Å². The molecule has 19 heavy (non-hydrogen) atoms. The number of anilines is 1. The predicted octanol–water partition coefficient (Wildman–Crippen LogP) is 3.29. The Balaban J connectivity index is 2.07. The van der Waals surface area contributed by atoms with E-state index in [9.17, 15) is 5.11 Å². The molecular weight excluding hydrogens is 236 g/mol. The van der Waals surface area contributed by atoms with Crippen LogP contribution in [0.25, 0.3) is 0 Å². The van der Waals surface area contributed by atoms with Gasteiger partial charge in [0.15, 0.2) is 0 Å². The zero-order valence-electron chi connectivity index (χ0n) is 12.4. The van der Waals surface area contributed by atoms with Gasteiger partial charge in [-0.25, -0.2) is 4.98 Å². The van der Waals surface area contributed by atoms with Crippen molar-refractivity contribution in [2.75, 3.05) is 18.0 Å². The fraction of sp³-hybridized carbons (Fsp3) is 0.688. The lowest BCUT2D eigenvalue weighted by Gasteiger charge is -2.41. The lowest BCUT2D eigenvalue weighted by molar-refractivity contribution is 0.199. The standard InChI is InChI=1S/C16H26N2O/c1-4-16(5-2)8-10-18(11-9-16)15-7-6-14(12-19)13(3)17-15/h6-7,19H,4-5,8-12H2,1-3H3. The summed E-state index contributed by atoms with van der Waals surface area (Å²) in [4.78, 5) is 7.02. The Hall–Kier alpha value is -1.09. The van der Waals surface area contributed by atoms with Gasteiger partial charge in [-0.15, -0.1) is 0 Å². The normalized spacial score (nSPS) is 18.6. The molecule has 3 nitrogen and oxygen atoms in total. The van der Waals surface area contributed by atoms with E-state index in [0.717, 1.165) is 30.2 Å². The topological polar surface area (TPSA) is 36.4 Å². The van der Waals surface area contributed by atoms with Gasteiger partial charge >= 0.3 is 0 Å². The molecule has 1 aromatic heterocycles. The van der Waals surface area contributed by atoms with Crippen molar-refractivity contribution in [2.24, 2.45) is 5.41 Å². The Kier molecular flexibility index (Phi) is 4.46. The maximum atomic E-state index is 9.20. The lowest BCUT2D eigenvalue weighted by Crippen LogP contribution is -2.40. The van der Waals surface area contributed by atoms with E-state index < -0.39 is 0 Å². The number of piperidine rings is 1. The van der Waals surface area contributed by atoms with Gasteiger partial charge in [-0.3, -0.25) is 0 Å². The Bertz CT molecular complexity index is 417. The van der Waals surface area contributed by atoms with Gasteiger partial charge in [0.1, 0.15) is 5.82 Å². The van der Waals surface area contributed by atoms with Crippen molar-refractivity contribution in [3.05, 3.63) is 23.4 Å². The molecule has 0 amide bonds. The third-order valence-electron chi connectivity index (χ3n) is 5.00. The third kappa shape index (κ3) is 2.92. The average Bonchev–Trinajstić information content (AvgIpc) is 2.47. The van der Waals surface area contributed by atoms with Crippen LogP contribution in [0.15, 0.2) is 12.1 Å². The first kappa shape index (κ1) is 14.3. The van der Waals surface area contributed by atoms with Crippen molar-refractivity contribution in [1.29, 1.82) is 0 Å². The molecule has 1 aliphatic rings. The van der Waals surface area contributed by atoms with E-state index in [1.165, 1.54) is 25.7 Å². The molecule has 0 spiro atoms. The fourth-order valence-electron chi connectivity index (χ4n) is 3.09. The molecule has 0 radical (unpaired) electrons. The lowest BCUT2D eigenvalue weighted by atomic mass is 9.74. The molecule has 0 bridgehead atoms. The van der Waals surface area contributed by atoms with Gasteiger partial charge in [0.2, 0.25) is 0 Å². The molecule has 106 valence electrons. The van der Waals surface area contributed by atoms with Crippen LogP contribution in [-0.4, -0.2) is 23.2 Å². The number of aliphatic hydroxyl groups is 1. The number of hydrogen-bond donors (Lipinski definition) is 1.